The quantitative estimate of drug-likeness (QED) is 0.928. The van der Waals surface area contributed by atoms with Crippen molar-refractivity contribution in [2.45, 2.75) is 19.4 Å². The second-order valence-corrected chi connectivity index (χ2v) is 5.58. The second kappa shape index (κ2) is 6.20. The maximum absolute atomic E-state index is 6.30. The van der Waals surface area contributed by atoms with Crippen LogP contribution in [0.15, 0.2) is 12.1 Å². The summed E-state index contributed by atoms with van der Waals surface area (Å²) in [5.41, 5.74) is 1.08. The summed E-state index contributed by atoms with van der Waals surface area (Å²) >= 11 is 6.30. The maximum atomic E-state index is 6.30. The largest absolute Gasteiger partial charge is 0.486 e. The lowest BCUT2D eigenvalue weighted by atomic mass is 9.95. The Balaban J connectivity index is 1.84. The third-order valence-electron chi connectivity index (χ3n) is 3.82. The molecule has 1 aromatic carbocycles. The van der Waals surface area contributed by atoms with E-state index < -0.39 is 0 Å². The van der Waals surface area contributed by atoms with Crippen LogP contribution < -0.4 is 14.8 Å². The normalized spacial score (nSPS) is 24.9. The second-order valence-electron chi connectivity index (χ2n) is 5.17. The number of rotatable bonds is 4. The molecule has 0 radical (unpaired) electrons. The van der Waals surface area contributed by atoms with Gasteiger partial charge in [0.15, 0.2) is 11.5 Å². The highest BCUT2D eigenvalue weighted by Gasteiger charge is 2.31. The molecule has 20 heavy (non-hydrogen) atoms. The molecule has 1 aromatic rings. The smallest absolute Gasteiger partial charge is 0.179 e. The van der Waals surface area contributed by atoms with Crippen LogP contribution in [0.25, 0.3) is 0 Å². The number of halogens is 1. The predicted octanol–water partition coefficient (Wildman–Crippen LogP) is 2.80. The summed E-state index contributed by atoms with van der Waals surface area (Å²) in [6.07, 6.45) is 1.16. The fourth-order valence-corrected chi connectivity index (χ4v) is 3.11. The van der Waals surface area contributed by atoms with Crippen LogP contribution in [-0.2, 0) is 4.74 Å². The van der Waals surface area contributed by atoms with E-state index in [0.717, 1.165) is 37.4 Å². The first-order chi connectivity index (χ1) is 9.79. The van der Waals surface area contributed by atoms with E-state index in [1.165, 1.54) is 0 Å². The summed E-state index contributed by atoms with van der Waals surface area (Å²) in [7, 11) is 0. The van der Waals surface area contributed by atoms with Gasteiger partial charge in [-0.2, -0.15) is 0 Å². The first-order valence-electron chi connectivity index (χ1n) is 7.21. The van der Waals surface area contributed by atoms with E-state index in [1.54, 1.807) is 0 Å². The van der Waals surface area contributed by atoms with E-state index >= 15 is 0 Å². The molecule has 0 bridgehead atoms. The van der Waals surface area contributed by atoms with Crippen LogP contribution in [0, 0.1) is 5.92 Å². The summed E-state index contributed by atoms with van der Waals surface area (Å²) in [6.45, 7) is 5.98. The minimum absolute atomic E-state index is 0.0855. The van der Waals surface area contributed by atoms with E-state index in [2.05, 4.69) is 12.2 Å². The van der Waals surface area contributed by atoms with Crippen LogP contribution in [-0.4, -0.2) is 32.9 Å². The van der Waals surface area contributed by atoms with Gasteiger partial charge >= 0.3 is 0 Å². The van der Waals surface area contributed by atoms with E-state index in [0.29, 0.717) is 29.9 Å². The van der Waals surface area contributed by atoms with Gasteiger partial charge in [0.05, 0.1) is 11.1 Å². The minimum atomic E-state index is 0.0855. The maximum Gasteiger partial charge on any atom is 0.179 e. The number of benzene rings is 1. The van der Waals surface area contributed by atoms with Crippen LogP contribution in [0.4, 0.5) is 0 Å². The number of ether oxygens (including phenoxy) is 3. The van der Waals surface area contributed by atoms with Gasteiger partial charge in [-0.25, -0.2) is 0 Å². The summed E-state index contributed by atoms with van der Waals surface area (Å²) in [5.74, 6) is 1.87. The van der Waals surface area contributed by atoms with Crippen molar-refractivity contribution >= 4 is 11.6 Å². The minimum Gasteiger partial charge on any atom is -0.486 e. The summed E-state index contributed by atoms with van der Waals surface area (Å²) in [6, 6.07) is 3.96. The Morgan fingerprint density at radius 1 is 1.25 bits per heavy atom. The highest BCUT2D eigenvalue weighted by molar-refractivity contribution is 6.32. The average molecular weight is 298 g/mol. The molecule has 2 aliphatic rings. The van der Waals surface area contributed by atoms with Crippen molar-refractivity contribution in [1.82, 2.24) is 5.32 Å². The first kappa shape index (κ1) is 14.0. The fourth-order valence-electron chi connectivity index (χ4n) is 2.84. The lowest BCUT2D eigenvalue weighted by Gasteiger charge is -2.24. The molecule has 2 unspecified atom stereocenters. The summed E-state index contributed by atoms with van der Waals surface area (Å²) < 4.78 is 17.1. The van der Waals surface area contributed by atoms with E-state index in [1.807, 2.05) is 12.1 Å². The van der Waals surface area contributed by atoms with Gasteiger partial charge in [-0.15, -0.1) is 0 Å². The van der Waals surface area contributed by atoms with Gasteiger partial charge in [0.2, 0.25) is 0 Å². The monoisotopic (exact) mass is 297 g/mol. The molecule has 0 saturated carbocycles. The molecule has 3 rings (SSSR count). The standard InChI is InChI=1S/C15H20ClNO3/c1-2-17-9-10-3-4-19-14(10)11-7-12(16)15-13(8-11)18-5-6-20-15/h7-8,10,14,17H,2-6,9H2,1H3. The number of hydrogen-bond acceptors (Lipinski definition) is 4. The lowest BCUT2D eigenvalue weighted by molar-refractivity contribution is 0.0898. The van der Waals surface area contributed by atoms with E-state index in [4.69, 9.17) is 25.8 Å². The molecule has 0 amide bonds. The van der Waals surface area contributed by atoms with Gasteiger partial charge < -0.3 is 19.5 Å². The summed E-state index contributed by atoms with van der Waals surface area (Å²) in [4.78, 5) is 0. The molecule has 1 N–H and O–H groups in total. The van der Waals surface area contributed by atoms with Crippen molar-refractivity contribution in [2.24, 2.45) is 5.92 Å². The van der Waals surface area contributed by atoms with Crippen LogP contribution >= 0.6 is 11.6 Å². The van der Waals surface area contributed by atoms with Gasteiger partial charge in [0.1, 0.15) is 13.2 Å². The van der Waals surface area contributed by atoms with Crippen molar-refractivity contribution in [3.63, 3.8) is 0 Å². The molecule has 2 heterocycles. The molecule has 1 fully saturated rings. The molecule has 5 heteroatoms. The van der Waals surface area contributed by atoms with Gasteiger partial charge in [0.25, 0.3) is 0 Å². The van der Waals surface area contributed by atoms with Crippen molar-refractivity contribution in [3.8, 4) is 11.5 Å². The van der Waals surface area contributed by atoms with Crippen LogP contribution in [0.1, 0.15) is 25.0 Å². The molecule has 110 valence electrons. The molecular weight excluding hydrogens is 278 g/mol. The van der Waals surface area contributed by atoms with Crippen molar-refractivity contribution in [2.75, 3.05) is 32.9 Å². The molecule has 0 spiro atoms. The molecule has 4 nitrogen and oxygen atoms in total. The van der Waals surface area contributed by atoms with Gasteiger partial charge in [-0.1, -0.05) is 18.5 Å². The number of nitrogens with one attached hydrogen (secondary N) is 1. The topological polar surface area (TPSA) is 39.7 Å². The fraction of sp³-hybridized carbons (Fsp3) is 0.600. The third-order valence-corrected chi connectivity index (χ3v) is 4.10. The Labute approximate surface area is 124 Å². The van der Waals surface area contributed by atoms with Crippen LogP contribution in [0.2, 0.25) is 5.02 Å². The van der Waals surface area contributed by atoms with Crippen molar-refractivity contribution in [3.05, 3.63) is 22.7 Å². The Kier molecular flexibility index (Phi) is 4.34. The highest BCUT2D eigenvalue weighted by atomic mass is 35.5. The zero-order valence-electron chi connectivity index (χ0n) is 11.7. The number of hydrogen-bond donors (Lipinski definition) is 1. The van der Waals surface area contributed by atoms with Gasteiger partial charge in [-0.05, 0) is 30.7 Å². The van der Waals surface area contributed by atoms with E-state index in [-0.39, 0.29) is 6.10 Å². The first-order valence-corrected chi connectivity index (χ1v) is 7.58. The number of fused-ring (bicyclic) bond motifs is 1. The van der Waals surface area contributed by atoms with Crippen LogP contribution in [0.5, 0.6) is 11.5 Å². The Morgan fingerprint density at radius 3 is 2.95 bits per heavy atom. The van der Waals surface area contributed by atoms with E-state index in [9.17, 15) is 0 Å². The predicted molar refractivity (Wildman–Crippen MR) is 77.8 cm³/mol. The Bertz CT molecular complexity index is 480. The zero-order chi connectivity index (χ0) is 13.9. The molecule has 0 aliphatic carbocycles. The molecule has 2 aliphatic heterocycles. The Morgan fingerprint density at radius 2 is 2.10 bits per heavy atom. The third kappa shape index (κ3) is 2.73. The molecule has 0 aromatic heterocycles. The van der Waals surface area contributed by atoms with Crippen molar-refractivity contribution < 1.29 is 14.2 Å². The molecular formula is C15H20ClNO3. The zero-order valence-corrected chi connectivity index (χ0v) is 12.4. The van der Waals surface area contributed by atoms with Gasteiger partial charge in [0, 0.05) is 19.1 Å². The molecule has 2 atom stereocenters. The Hall–Kier alpha value is -0.970. The average Bonchev–Trinajstić information content (AvgIpc) is 2.93. The summed E-state index contributed by atoms with van der Waals surface area (Å²) in [5, 5.41) is 4.00. The lowest BCUT2D eigenvalue weighted by Crippen LogP contribution is -2.24. The molecule has 1 saturated heterocycles. The van der Waals surface area contributed by atoms with Crippen LogP contribution in [0.3, 0.4) is 0 Å². The van der Waals surface area contributed by atoms with Gasteiger partial charge in [-0.3, -0.25) is 0 Å². The highest BCUT2D eigenvalue weighted by Crippen LogP contribution is 2.43. The SMILES string of the molecule is CCNCC1CCOC1c1cc(Cl)c2c(c1)OCCO2. The van der Waals surface area contributed by atoms with Crippen molar-refractivity contribution in [1.29, 1.82) is 0 Å².